The molecule has 2 rings (SSSR count). The van der Waals surface area contributed by atoms with Crippen LogP contribution in [0.25, 0.3) is 0 Å². The molecule has 124 valence electrons. The molecule has 0 aromatic heterocycles. The van der Waals surface area contributed by atoms with E-state index < -0.39 is 20.0 Å². The topological polar surface area (TPSA) is 86.8 Å². The molecule has 9 heteroatoms. The first-order valence-corrected chi connectivity index (χ1v) is 10.9. The summed E-state index contributed by atoms with van der Waals surface area (Å²) in [4.78, 5) is 0. The van der Waals surface area contributed by atoms with Gasteiger partial charge in [-0.25, -0.2) is 16.8 Å². The van der Waals surface area contributed by atoms with Gasteiger partial charge in [0.15, 0.2) is 0 Å². The van der Waals surface area contributed by atoms with Gasteiger partial charge in [-0.05, 0) is 38.3 Å². The van der Waals surface area contributed by atoms with Crippen LogP contribution in [0.15, 0.2) is 0 Å². The number of hydrogen-bond donors (Lipinski definition) is 1. The van der Waals surface area contributed by atoms with E-state index in [9.17, 15) is 16.8 Å². The summed E-state index contributed by atoms with van der Waals surface area (Å²) in [5.41, 5.74) is 0. The summed E-state index contributed by atoms with van der Waals surface area (Å²) in [5.74, 6) is 0.662. The van der Waals surface area contributed by atoms with E-state index >= 15 is 0 Å². The lowest BCUT2D eigenvalue weighted by Gasteiger charge is -2.33. The third-order valence-corrected chi connectivity index (χ3v) is 7.51. The third-order valence-electron chi connectivity index (χ3n) is 4.30. The molecule has 1 N–H and O–H groups in total. The second-order valence-electron chi connectivity index (χ2n) is 5.86. The number of piperazine rings is 1. The van der Waals surface area contributed by atoms with Crippen molar-refractivity contribution in [3.63, 3.8) is 0 Å². The zero-order chi connectivity index (χ0) is 15.5. The quantitative estimate of drug-likeness (QED) is 0.714. The average molecular weight is 339 g/mol. The van der Waals surface area contributed by atoms with Crippen LogP contribution in [0.2, 0.25) is 0 Å². The predicted molar refractivity (Wildman–Crippen MR) is 82.0 cm³/mol. The molecule has 0 aliphatic carbocycles. The van der Waals surface area contributed by atoms with E-state index in [1.807, 2.05) is 0 Å². The molecule has 2 heterocycles. The first-order chi connectivity index (χ1) is 9.79. The van der Waals surface area contributed by atoms with Gasteiger partial charge in [0.1, 0.15) is 0 Å². The fourth-order valence-corrected chi connectivity index (χ4v) is 5.33. The summed E-state index contributed by atoms with van der Waals surface area (Å²) in [6.07, 6.45) is 3.94. The van der Waals surface area contributed by atoms with Crippen LogP contribution in [0.3, 0.4) is 0 Å². The highest BCUT2D eigenvalue weighted by atomic mass is 32.2. The van der Waals surface area contributed by atoms with Crippen molar-refractivity contribution in [2.75, 3.05) is 51.3 Å². The van der Waals surface area contributed by atoms with E-state index in [1.165, 1.54) is 8.61 Å². The van der Waals surface area contributed by atoms with Crippen molar-refractivity contribution in [1.29, 1.82) is 0 Å². The smallest absolute Gasteiger partial charge is 0.214 e. The van der Waals surface area contributed by atoms with Crippen molar-refractivity contribution >= 4 is 20.0 Å². The number of hydrogen-bond acceptors (Lipinski definition) is 5. The first-order valence-electron chi connectivity index (χ1n) is 7.43. The van der Waals surface area contributed by atoms with E-state index in [1.54, 1.807) is 0 Å². The maximum Gasteiger partial charge on any atom is 0.214 e. The largest absolute Gasteiger partial charge is 0.317 e. The number of nitrogens with zero attached hydrogens (tertiary/aromatic N) is 2. The first kappa shape index (κ1) is 17.1. The van der Waals surface area contributed by atoms with E-state index in [0.29, 0.717) is 12.3 Å². The molecule has 2 saturated heterocycles. The standard InChI is InChI=1S/C12H25N3O4S2/c1-20(16,17)14-7-9-15(10-8-14)21(18,19)11-4-12-2-5-13-6-3-12/h12-13H,2-11H2,1H3. The minimum atomic E-state index is -3.26. The molecule has 0 spiro atoms. The highest BCUT2D eigenvalue weighted by Crippen LogP contribution is 2.19. The predicted octanol–water partition coefficient (Wildman–Crippen LogP) is -0.717. The summed E-state index contributed by atoms with van der Waals surface area (Å²) >= 11 is 0. The third kappa shape index (κ3) is 4.88. The fourth-order valence-electron chi connectivity index (χ4n) is 2.89. The molecule has 2 fully saturated rings. The maximum absolute atomic E-state index is 12.3. The molecule has 2 aliphatic heterocycles. The van der Waals surface area contributed by atoms with Crippen LogP contribution >= 0.6 is 0 Å². The fraction of sp³-hybridized carbons (Fsp3) is 1.00. The van der Waals surface area contributed by atoms with Crippen LogP contribution in [-0.4, -0.2) is 76.7 Å². The normalized spacial score (nSPS) is 24.2. The second kappa shape index (κ2) is 6.91. The highest BCUT2D eigenvalue weighted by molar-refractivity contribution is 7.89. The Morgan fingerprint density at radius 2 is 1.48 bits per heavy atom. The van der Waals surface area contributed by atoms with Gasteiger partial charge in [-0.1, -0.05) is 0 Å². The number of rotatable bonds is 5. The van der Waals surface area contributed by atoms with Crippen LogP contribution in [0.1, 0.15) is 19.3 Å². The van der Waals surface area contributed by atoms with E-state index in [2.05, 4.69) is 5.32 Å². The van der Waals surface area contributed by atoms with Crippen molar-refractivity contribution in [3.8, 4) is 0 Å². The molecule has 0 aromatic rings. The molecule has 0 aromatic carbocycles. The van der Waals surface area contributed by atoms with Gasteiger partial charge in [0.2, 0.25) is 20.0 Å². The van der Waals surface area contributed by atoms with Crippen LogP contribution < -0.4 is 5.32 Å². The molecule has 7 nitrogen and oxygen atoms in total. The van der Waals surface area contributed by atoms with Crippen LogP contribution in [-0.2, 0) is 20.0 Å². The molecule has 0 amide bonds. The minimum Gasteiger partial charge on any atom is -0.317 e. The molecule has 0 unspecified atom stereocenters. The minimum absolute atomic E-state index is 0.177. The zero-order valence-electron chi connectivity index (χ0n) is 12.5. The Kier molecular flexibility index (Phi) is 5.64. The van der Waals surface area contributed by atoms with Gasteiger partial charge in [-0.2, -0.15) is 8.61 Å². The Labute approximate surface area is 127 Å². The summed E-state index contributed by atoms with van der Waals surface area (Å²) in [6, 6.07) is 0. The number of nitrogens with one attached hydrogen (secondary N) is 1. The van der Waals surface area contributed by atoms with E-state index in [4.69, 9.17) is 0 Å². The van der Waals surface area contributed by atoms with Crippen LogP contribution in [0.4, 0.5) is 0 Å². The molecule has 21 heavy (non-hydrogen) atoms. The number of piperidine rings is 1. The van der Waals surface area contributed by atoms with Crippen molar-refractivity contribution < 1.29 is 16.8 Å². The van der Waals surface area contributed by atoms with Crippen molar-refractivity contribution in [3.05, 3.63) is 0 Å². The zero-order valence-corrected chi connectivity index (χ0v) is 14.1. The van der Waals surface area contributed by atoms with Gasteiger partial charge in [0, 0.05) is 26.2 Å². The Hall–Kier alpha value is -0.220. The van der Waals surface area contributed by atoms with Gasteiger partial charge in [0.05, 0.1) is 12.0 Å². The number of sulfonamides is 2. The lowest BCUT2D eigenvalue weighted by molar-refractivity contribution is 0.272. The molecule has 0 radical (unpaired) electrons. The SMILES string of the molecule is CS(=O)(=O)N1CCN(S(=O)(=O)CCC2CCNCC2)CC1. The lowest BCUT2D eigenvalue weighted by Crippen LogP contribution is -2.50. The van der Waals surface area contributed by atoms with Gasteiger partial charge in [0.25, 0.3) is 0 Å². The highest BCUT2D eigenvalue weighted by Gasteiger charge is 2.30. The van der Waals surface area contributed by atoms with Gasteiger partial charge in [-0.3, -0.25) is 0 Å². The van der Waals surface area contributed by atoms with Crippen LogP contribution in [0.5, 0.6) is 0 Å². The van der Waals surface area contributed by atoms with Crippen LogP contribution in [0, 0.1) is 5.92 Å². The Balaban J connectivity index is 1.83. The lowest BCUT2D eigenvalue weighted by atomic mass is 9.96. The van der Waals surface area contributed by atoms with Crippen molar-refractivity contribution in [2.24, 2.45) is 5.92 Å². The van der Waals surface area contributed by atoms with E-state index in [0.717, 1.165) is 32.2 Å². The second-order valence-corrected chi connectivity index (χ2v) is 9.93. The Bertz CT molecular complexity index is 533. The van der Waals surface area contributed by atoms with E-state index in [-0.39, 0.29) is 31.9 Å². The van der Waals surface area contributed by atoms with Crippen molar-refractivity contribution in [2.45, 2.75) is 19.3 Å². The molecular formula is C12H25N3O4S2. The van der Waals surface area contributed by atoms with Gasteiger partial charge >= 0.3 is 0 Å². The molecular weight excluding hydrogens is 314 g/mol. The Morgan fingerprint density at radius 3 is 2.00 bits per heavy atom. The Morgan fingerprint density at radius 1 is 0.952 bits per heavy atom. The summed E-state index contributed by atoms with van der Waals surface area (Å²) in [5, 5.41) is 3.27. The molecule has 0 bridgehead atoms. The summed E-state index contributed by atoms with van der Waals surface area (Å²) < 4.78 is 50.3. The van der Waals surface area contributed by atoms with Gasteiger partial charge < -0.3 is 5.32 Å². The molecule has 2 aliphatic rings. The molecule has 0 atom stereocenters. The average Bonchev–Trinajstić information content (AvgIpc) is 2.46. The molecule has 0 saturated carbocycles. The maximum atomic E-state index is 12.3. The van der Waals surface area contributed by atoms with Crippen molar-refractivity contribution in [1.82, 2.24) is 13.9 Å². The monoisotopic (exact) mass is 339 g/mol. The summed E-state index contributed by atoms with van der Waals surface area (Å²) in [7, 11) is -6.48. The summed E-state index contributed by atoms with van der Waals surface area (Å²) in [6.45, 7) is 2.98. The van der Waals surface area contributed by atoms with Gasteiger partial charge in [-0.15, -0.1) is 0 Å².